The summed E-state index contributed by atoms with van der Waals surface area (Å²) in [5, 5.41) is 0. The van der Waals surface area contributed by atoms with Crippen LogP contribution in [0.4, 0.5) is 8.78 Å². The van der Waals surface area contributed by atoms with Gasteiger partial charge in [0.2, 0.25) is 0 Å². The Morgan fingerprint density at radius 3 is 1.37 bits per heavy atom. The molecular formula is C16H16F2O. The Morgan fingerprint density at radius 2 is 1.00 bits per heavy atom. The Kier molecular flexibility index (Phi) is 5.04. The molecule has 0 amide bonds. The zero-order valence-electron chi connectivity index (χ0n) is 10.6. The van der Waals surface area contributed by atoms with Crippen molar-refractivity contribution in [1.82, 2.24) is 0 Å². The number of alkyl halides is 2. The monoisotopic (exact) mass is 262 g/mol. The fraction of sp³-hybridized carbons (Fsp3) is 0.250. The van der Waals surface area contributed by atoms with Gasteiger partial charge in [-0.25, -0.2) is 8.78 Å². The van der Waals surface area contributed by atoms with Gasteiger partial charge >= 0.3 is 0 Å². The lowest BCUT2D eigenvalue weighted by Gasteiger charge is -2.09. The van der Waals surface area contributed by atoms with Gasteiger partial charge in [0.1, 0.15) is 13.3 Å². The minimum absolute atomic E-state index is 0.334. The Bertz CT molecular complexity index is 478. The smallest absolute Gasteiger partial charge is 0.115 e. The van der Waals surface area contributed by atoms with E-state index in [2.05, 4.69) is 0 Å². The van der Waals surface area contributed by atoms with E-state index in [4.69, 9.17) is 4.74 Å². The molecule has 0 radical (unpaired) electrons. The molecule has 0 aliphatic carbocycles. The summed E-state index contributed by atoms with van der Waals surface area (Å²) in [5.41, 5.74) is 2.95. The molecule has 2 aromatic carbocycles. The Labute approximate surface area is 111 Å². The van der Waals surface area contributed by atoms with E-state index in [1.54, 1.807) is 24.3 Å². The number of ether oxygens (including phenoxy) is 1. The number of hydrogen-bond donors (Lipinski definition) is 0. The van der Waals surface area contributed by atoms with Gasteiger partial charge in [0.25, 0.3) is 0 Å². The predicted molar refractivity (Wildman–Crippen MR) is 71.0 cm³/mol. The predicted octanol–water partition coefficient (Wildman–Crippen LogP) is 4.34. The van der Waals surface area contributed by atoms with E-state index in [-0.39, 0.29) is 0 Å². The average Bonchev–Trinajstić information content (AvgIpc) is 2.48. The van der Waals surface area contributed by atoms with Crippen LogP contribution in [0.15, 0.2) is 48.5 Å². The molecule has 0 N–H and O–H groups in total. The molecule has 2 rings (SSSR count). The third-order valence-electron chi connectivity index (χ3n) is 3.04. The van der Waals surface area contributed by atoms with E-state index >= 15 is 0 Å². The zero-order chi connectivity index (χ0) is 13.5. The normalized spacial score (nSPS) is 10.6. The van der Waals surface area contributed by atoms with Gasteiger partial charge in [-0.2, -0.15) is 0 Å². The van der Waals surface area contributed by atoms with Gasteiger partial charge < -0.3 is 4.74 Å². The molecule has 0 saturated heterocycles. The summed E-state index contributed by atoms with van der Waals surface area (Å²) in [6.45, 7) is -0.331. The number of hydrogen-bond acceptors (Lipinski definition) is 1. The second-order valence-electron chi connectivity index (χ2n) is 4.30. The quantitative estimate of drug-likeness (QED) is 0.752. The van der Waals surface area contributed by atoms with Crippen molar-refractivity contribution >= 4 is 0 Å². The van der Waals surface area contributed by atoms with Crippen molar-refractivity contribution in [2.75, 3.05) is 0 Å². The molecule has 0 atom stereocenters. The molecule has 2 aromatic rings. The molecule has 0 heterocycles. The number of benzene rings is 2. The Morgan fingerprint density at radius 1 is 0.632 bits per heavy atom. The molecule has 0 spiro atoms. The van der Waals surface area contributed by atoms with Crippen LogP contribution >= 0.6 is 0 Å². The van der Waals surface area contributed by atoms with Crippen molar-refractivity contribution in [3.63, 3.8) is 0 Å². The van der Waals surface area contributed by atoms with Gasteiger partial charge in [-0.1, -0.05) is 48.5 Å². The first kappa shape index (κ1) is 13.7. The minimum Gasteiger partial charge on any atom is -0.372 e. The van der Waals surface area contributed by atoms with Crippen molar-refractivity contribution in [3.05, 3.63) is 70.8 Å². The van der Waals surface area contributed by atoms with E-state index in [1.165, 1.54) is 0 Å². The molecule has 0 aliphatic heterocycles. The highest BCUT2D eigenvalue weighted by Gasteiger charge is 2.04. The topological polar surface area (TPSA) is 9.23 Å². The maximum absolute atomic E-state index is 12.7. The van der Waals surface area contributed by atoms with Gasteiger partial charge in [0.15, 0.2) is 0 Å². The molecule has 19 heavy (non-hydrogen) atoms. The van der Waals surface area contributed by atoms with Crippen molar-refractivity contribution < 1.29 is 13.5 Å². The highest BCUT2D eigenvalue weighted by atomic mass is 19.1. The van der Waals surface area contributed by atoms with Crippen LogP contribution in [0, 0.1) is 0 Å². The first-order valence-corrected chi connectivity index (χ1v) is 6.18. The molecule has 0 fully saturated rings. The summed E-state index contributed by atoms with van der Waals surface area (Å²) in [6, 6.07) is 14.5. The Balaban J connectivity index is 1.96. The molecule has 0 aliphatic rings. The fourth-order valence-corrected chi connectivity index (χ4v) is 1.93. The Hall–Kier alpha value is -1.74. The van der Waals surface area contributed by atoms with Gasteiger partial charge in [0, 0.05) is 0 Å². The molecule has 1 nitrogen and oxygen atoms in total. The van der Waals surface area contributed by atoms with Gasteiger partial charge in [-0.15, -0.1) is 0 Å². The van der Waals surface area contributed by atoms with E-state index in [0.717, 1.165) is 11.1 Å². The minimum atomic E-state index is -0.499. The van der Waals surface area contributed by atoms with Crippen LogP contribution in [-0.2, 0) is 31.3 Å². The van der Waals surface area contributed by atoms with Gasteiger partial charge in [-0.05, 0) is 22.3 Å². The van der Waals surface area contributed by atoms with E-state index in [0.29, 0.717) is 24.3 Å². The molecule has 100 valence electrons. The number of rotatable bonds is 6. The van der Waals surface area contributed by atoms with Crippen LogP contribution in [0.2, 0.25) is 0 Å². The maximum Gasteiger partial charge on any atom is 0.115 e. The van der Waals surface area contributed by atoms with Gasteiger partial charge in [-0.3, -0.25) is 0 Å². The first-order valence-electron chi connectivity index (χ1n) is 6.18. The maximum atomic E-state index is 12.7. The summed E-state index contributed by atoms with van der Waals surface area (Å²) < 4.78 is 31.1. The van der Waals surface area contributed by atoms with Crippen LogP contribution in [-0.4, -0.2) is 0 Å². The van der Waals surface area contributed by atoms with Gasteiger partial charge in [0.05, 0.1) is 13.2 Å². The van der Waals surface area contributed by atoms with E-state index in [1.807, 2.05) is 24.3 Å². The standard InChI is InChI=1S/C16H16F2O/c17-9-13-5-1-3-7-15(13)11-19-12-16-8-4-2-6-14(16)10-18/h1-8H,9-12H2. The summed E-state index contributed by atoms with van der Waals surface area (Å²) >= 11 is 0. The highest BCUT2D eigenvalue weighted by Crippen LogP contribution is 2.15. The zero-order valence-corrected chi connectivity index (χ0v) is 10.6. The molecule has 0 unspecified atom stereocenters. The lowest BCUT2D eigenvalue weighted by atomic mass is 10.1. The van der Waals surface area contributed by atoms with Crippen molar-refractivity contribution in [3.8, 4) is 0 Å². The van der Waals surface area contributed by atoms with Crippen molar-refractivity contribution in [2.24, 2.45) is 0 Å². The van der Waals surface area contributed by atoms with Crippen molar-refractivity contribution in [2.45, 2.75) is 26.6 Å². The lowest BCUT2D eigenvalue weighted by molar-refractivity contribution is 0.105. The third-order valence-corrected chi connectivity index (χ3v) is 3.04. The lowest BCUT2D eigenvalue weighted by Crippen LogP contribution is -1.99. The second-order valence-corrected chi connectivity index (χ2v) is 4.30. The summed E-state index contributed by atoms with van der Waals surface area (Å²) in [7, 11) is 0. The molecular weight excluding hydrogens is 246 g/mol. The van der Waals surface area contributed by atoms with Crippen LogP contribution < -0.4 is 0 Å². The number of halogens is 2. The largest absolute Gasteiger partial charge is 0.372 e. The molecule has 3 heteroatoms. The fourth-order valence-electron chi connectivity index (χ4n) is 1.93. The second kappa shape index (κ2) is 7.00. The molecule has 0 aromatic heterocycles. The third kappa shape index (κ3) is 3.61. The molecule has 0 bridgehead atoms. The average molecular weight is 262 g/mol. The van der Waals surface area contributed by atoms with E-state index in [9.17, 15) is 8.78 Å². The van der Waals surface area contributed by atoms with E-state index < -0.39 is 13.3 Å². The summed E-state index contributed by atoms with van der Waals surface area (Å²) in [5.74, 6) is 0. The van der Waals surface area contributed by atoms with Crippen LogP contribution in [0.5, 0.6) is 0 Å². The SMILES string of the molecule is FCc1ccccc1COCc1ccccc1CF. The highest BCUT2D eigenvalue weighted by molar-refractivity contribution is 5.27. The van der Waals surface area contributed by atoms with Crippen LogP contribution in [0.25, 0.3) is 0 Å². The van der Waals surface area contributed by atoms with Crippen LogP contribution in [0.1, 0.15) is 22.3 Å². The summed E-state index contributed by atoms with van der Waals surface area (Å²) in [6.07, 6.45) is 0. The molecule has 0 saturated carbocycles. The van der Waals surface area contributed by atoms with Crippen LogP contribution in [0.3, 0.4) is 0 Å². The first-order chi connectivity index (χ1) is 9.35. The summed E-state index contributed by atoms with van der Waals surface area (Å²) in [4.78, 5) is 0. The van der Waals surface area contributed by atoms with Crippen molar-refractivity contribution in [1.29, 1.82) is 0 Å².